The van der Waals surface area contributed by atoms with Crippen molar-refractivity contribution in [1.82, 2.24) is 4.90 Å². The number of likely N-dealkylation sites (N-methyl/N-ethyl adjacent to an activating group) is 1. The molecule has 90 valence electrons. The highest BCUT2D eigenvalue weighted by atomic mass is 16.7. The molecule has 0 aliphatic carbocycles. The second-order valence-corrected chi connectivity index (χ2v) is 5.42. The van der Waals surface area contributed by atoms with Crippen molar-refractivity contribution in [3.63, 3.8) is 0 Å². The van der Waals surface area contributed by atoms with Gasteiger partial charge in [-0.2, -0.15) is 0 Å². The molecule has 0 radical (unpaired) electrons. The van der Waals surface area contributed by atoms with Crippen LogP contribution in [0.15, 0.2) is 0 Å². The summed E-state index contributed by atoms with van der Waals surface area (Å²) in [5, 5.41) is 10.4. The van der Waals surface area contributed by atoms with Crippen LogP contribution >= 0.6 is 0 Å². The molecule has 1 N–H and O–H groups in total. The second kappa shape index (κ2) is 3.70. The van der Waals surface area contributed by atoms with Crippen LogP contribution in [0.25, 0.3) is 0 Å². The van der Waals surface area contributed by atoms with Crippen molar-refractivity contribution in [2.75, 3.05) is 27.3 Å². The van der Waals surface area contributed by atoms with Gasteiger partial charge in [-0.1, -0.05) is 0 Å². The Labute approximate surface area is 92.2 Å². The van der Waals surface area contributed by atoms with E-state index in [2.05, 4.69) is 0 Å². The minimum absolute atomic E-state index is 0.272. The zero-order chi connectivity index (χ0) is 11.9. The monoisotopic (exact) mass is 217 g/mol. The molecular formula is C11H23NO3. The van der Waals surface area contributed by atoms with Gasteiger partial charge in [0.05, 0.1) is 18.8 Å². The lowest BCUT2D eigenvalue weighted by molar-refractivity contribution is -0.208. The van der Waals surface area contributed by atoms with Gasteiger partial charge in [0.25, 0.3) is 0 Å². The number of rotatable bonds is 1. The minimum atomic E-state index is -0.926. The molecule has 1 rings (SSSR count). The summed E-state index contributed by atoms with van der Waals surface area (Å²) in [6, 6.07) is 0. The van der Waals surface area contributed by atoms with Gasteiger partial charge in [0, 0.05) is 0 Å². The van der Waals surface area contributed by atoms with Crippen LogP contribution in [0.1, 0.15) is 27.7 Å². The molecule has 4 nitrogen and oxygen atoms in total. The molecule has 15 heavy (non-hydrogen) atoms. The predicted molar refractivity (Wildman–Crippen MR) is 58.7 cm³/mol. The lowest BCUT2D eigenvalue weighted by Crippen LogP contribution is -2.62. The van der Waals surface area contributed by atoms with E-state index in [1.807, 2.05) is 39.8 Å². The molecule has 0 aromatic carbocycles. The fraction of sp³-hybridized carbons (Fsp3) is 1.00. The van der Waals surface area contributed by atoms with Crippen molar-refractivity contribution in [3.8, 4) is 0 Å². The molecule has 1 heterocycles. The van der Waals surface area contributed by atoms with E-state index in [9.17, 15) is 5.11 Å². The van der Waals surface area contributed by atoms with Crippen LogP contribution in [0, 0.1) is 0 Å². The topological polar surface area (TPSA) is 41.9 Å². The van der Waals surface area contributed by atoms with E-state index in [1.165, 1.54) is 0 Å². The van der Waals surface area contributed by atoms with Crippen molar-refractivity contribution < 1.29 is 14.6 Å². The van der Waals surface area contributed by atoms with Crippen molar-refractivity contribution in [2.24, 2.45) is 0 Å². The maximum absolute atomic E-state index is 10.4. The van der Waals surface area contributed by atoms with Crippen LogP contribution in [0.2, 0.25) is 0 Å². The molecule has 1 fully saturated rings. The number of nitrogens with zero attached hydrogens (tertiary/aromatic N) is 1. The predicted octanol–water partition coefficient (Wildman–Crippen LogP) is 0.841. The lowest BCUT2D eigenvalue weighted by atomic mass is 9.82. The summed E-state index contributed by atoms with van der Waals surface area (Å²) in [6.45, 7) is 8.22. The zero-order valence-corrected chi connectivity index (χ0v) is 10.6. The highest BCUT2D eigenvalue weighted by Crippen LogP contribution is 2.33. The van der Waals surface area contributed by atoms with E-state index in [1.54, 1.807) is 6.92 Å². The summed E-state index contributed by atoms with van der Waals surface area (Å²) >= 11 is 0. The average molecular weight is 217 g/mol. The first-order chi connectivity index (χ1) is 6.61. The van der Waals surface area contributed by atoms with Gasteiger partial charge in [-0.25, -0.2) is 0 Å². The Bertz CT molecular complexity index is 238. The van der Waals surface area contributed by atoms with Crippen LogP contribution < -0.4 is 0 Å². The molecule has 0 aromatic heterocycles. The molecule has 2 atom stereocenters. The summed E-state index contributed by atoms with van der Waals surface area (Å²) < 4.78 is 11.2. The highest BCUT2D eigenvalue weighted by molar-refractivity contribution is 5.02. The number of hydrogen-bond donors (Lipinski definition) is 1. The first-order valence-electron chi connectivity index (χ1n) is 5.28. The number of ether oxygens (including phenoxy) is 2. The molecule has 4 heteroatoms. The first kappa shape index (κ1) is 12.9. The first-order valence-corrected chi connectivity index (χ1v) is 5.28. The Balaban J connectivity index is 2.97. The number of hydrogen-bond acceptors (Lipinski definition) is 4. The quantitative estimate of drug-likeness (QED) is 0.707. The van der Waals surface area contributed by atoms with E-state index in [0.717, 1.165) is 0 Å². The number of aliphatic hydroxyl groups is 1. The van der Waals surface area contributed by atoms with Gasteiger partial charge >= 0.3 is 0 Å². The molecule has 1 aliphatic rings. The van der Waals surface area contributed by atoms with Gasteiger partial charge in [0.15, 0.2) is 5.79 Å². The molecule has 0 spiro atoms. The highest BCUT2D eigenvalue weighted by Gasteiger charge is 2.49. The van der Waals surface area contributed by atoms with Crippen LogP contribution in [-0.4, -0.2) is 54.2 Å². The third kappa shape index (κ3) is 2.33. The largest absolute Gasteiger partial charge is 0.386 e. The maximum Gasteiger partial charge on any atom is 0.162 e. The Hall–Kier alpha value is -0.160. The van der Waals surface area contributed by atoms with E-state index in [4.69, 9.17) is 9.47 Å². The summed E-state index contributed by atoms with van der Waals surface area (Å²) in [4.78, 5) is 1.98. The molecule has 0 bridgehead atoms. The van der Waals surface area contributed by atoms with Crippen molar-refractivity contribution in [2.45, 2.75) is 44.6 Å². The summed E-state index contributed by atoms with van der Waals surface area (Å²) in [5.74, 6) is -0.627. The Kier molecular flexibility index (Phi) is 3.18. The van der Waals surface area contributed by atoms with E-state index >= 15 is 0 Å². The fourth-order valence-corrected chi connectivity index (χ4v) is 1.59. The van der Waals surface area contributed by atoms with Crippen molar-refractivity contribution >= 4 is 0 Å². The Morgan fingerprint density at radius 1 is 1.00 bits per heavy atom. The molecule has 1 aliphatic heterocycles. The van der Waals surface area contributed by atoms with Crippen molar-refractivity contribution in [3.05, 3.63) is 0 Å². The summed E-state index contributed by atoms with van der Waals surface area (Å²) in [5.41, 5.74) is -1.37. The van der Waals surface area contributed by atoms with Gasteiger partial charge in [-0.15, -0.1) is 0 Å². The minimum Gasteiger partial charge on any atom is -0.386 e. The Morgan fingerprint density at radius 3 is 1.93 bits per heavy atom. The molecule has 0 saturated carbocycles. The average Bonchev–Trinajstić information content (AvgIpc) is 2.17. The van der Waals surface area contributed by atoms with Crippen LogP contribution in [-0.2, 0) is 9.47 Å². The van der Waals surface area contributed by atoms with E-state index < -0.39 is 16.9 Å². The van der Waals surface area contributed by atoms with Crippen LogP contribution in [0.5, 0.6) is 0 Å². The smallest absolute Gasteiger partial charge is 0.162 e. The van der Waals surface area contributed by atoms with Crippen molar-refractivity contribution in [1.29, 1.82) is 0 Å². The molecule has 0 amide bonds. The lowest BCUT2D eigenvalue weighted by Gasteiger charge is -2.45. The third-order valence-corrected chi connectivity index (χ3v) is 3.55. The zero-order valence-electron chi connectivity index (χ0n) is 10.6. The third-order valence-electron chi connectivity index (χ3n) is 3.55. The fourth-order valence-electron chi connectivity index (χ4n) is 1.59. The molecule has 1 saturated heterocycles. The van der Waals surface area contributed by atoms with Gasteiger partial charge in [-0.3, -0.25) is 4.90 Å². The second-order valence-electron chi connectivity index (χ2n) is 5.42. The summed E-state index contributed by atoms with van der Waals surface area (Å²) in [7, 11) is 3.88. The van der Waals surface area contributed by atoms with Crippen LogP contribution in [0.4, 0.5) is 0 Å². The normalized spacial score (nSPS) is 41.6. The van der Waals surface area contributed by atoms with Gasteiger partial charge in [0.2, 0.25) is 0 Å². The Morgan fingerprint density at radius 2 is 1.47 bits per heavy atom. The molecule has 0 aromatic rings. The van der Waals surface area contributed by atoms with Crippen LogP contribution in [0.3, 0.4) is 0 Å². The van der Waals surface area contributed by atoms with E-state index in [-0.39, 0.29) is 6.61 Å². The molecular weight excluding hydrogens is 194 g/mol. The summed E-state index contributed by atoms with van der Waals surface area (Å²) in [6.07, 6.45) is 0. The van der Waals surface area contributed by atoms with E-state index in [0.29, 0.717) is 6.61 Å². The SMILES string of the molecule is CN(C)[C@@]1(C)COC(C)(C)OC[C@]1(C)O. The van der Waals surface area contributed by atoms with Gasteiger partial charge in [0.1, 0.15) is 5.60 Å². The molecule has 0 unspecified atom stereocenters. The standard InChI is InChI=1S/C11H23NO3/c1-9(2)14-7-10(3,12(5)6)11(4,13)8-15-9/h13H,7-8H2,1-6H3/t10-,11-/m0/s1. The van der Waals surface area contributed by atoms with Gasteiger partial charge in [-0.05, 0) is 41.8 Å². The maximum atomic E-state index is 10.4. The van der Waals surface area contributed by atoms with Gasteiger partial charge < -0.3 is 14.6 Å².